The predicted octanol–water partition coefficient (Wildman–Crippen LogP) is 6.21. The normalized spacial score (nSPS) is 11.0. The van der Waals surface area contributed by atoms with E-state index in [-0.39, 0.29) is 16.8 Å². The van der Waals surface area contributed by atoms with Gasteiger partial charge in [-0.15, -0.1) is 0 Å². The van der Waals surface area contributed by atoms with E-state index in [2.05, 4.69) is 45.4 Å². The fourth-order valence-electron chi connectivity index (χ4n) is 3.13. The maximum Gasteiger partial charge on any atom is 0.257 e. The Kier molecular flexibility index (Phi) is 6.25. The minimum Gasteiger partial charge on any atom is -0.507 e. The highest BCUT2D eigenvalue weighted by Gasteiger charge is 2.12. The minimum atomic E-state index is -0.277. The molecule has 0 fully saturated rings. The number of aromatic nitrogens is 1. The quantitative estimate of drug-likeness (QED) is 0.283. The lowest BCUT2D eigenvalue weighted by atomic mass is 10.0. The van der Waals surface area contributed by atoms with Crippen molar-refractivity contribution in [3.05, 3.63) is 76.3 Å². The van der Waals surface area contributed by atoms with Crippen LogP contribution in [0.5, 0.6) is 5.75 Å². The van der Waals surface area contributed by atoms with Crippen LogP contribution in [-0.2, 0) is 0 Å². The summed E-state index contributed by atoms with van der Waals surface area (Å²) in [5.41, 5.74) is 4.34. The lowest BCUT2D eigenvalue weighted by molar-refractivity contribution is 0.0977. The fourth-order valence-corrected chi connectivity index (χ4v) is 3.71. The number of phenolic OH excluding ortho intramolecular Hbond substituents is 1. The summed E-state index contributed by atoms with van der Waals surface area (Å²) in [5.74, 6) is 0.694. The zero-order valence-corrected chi connectivity index (χ0v) is 19.8. The lowest BCUT2D eigenvalue weighted by Crippen LogP contribution is -2.34. The van der Waals surface area contributed by atoms with Gasteiger partial charge in [0.1, 0.15) is 11.3 Å². The van der Waals surface area contributed by atoms with E-state index < -0.39 is 0 Å². The van der Waals surface area contributed by atoms with Gasteiger partial charge in [-0.25, -0.2) is 4.98 Å². The van der Waals surface area contributed by atoms with Crippen LogP contribution in [-0.4, -0.2) is 21.1 Å². The molecule has 0 bridgehead atoms. The molecule has 8 heteroatoms. The molecule has 0 radical (unpaired) electrons. The van der Waals surface area contributed by atoms with Crippen molar-refractivity contribution in [1.29, 1.82) is 0 Å². The van der Waals surface area contributed by atoms with Crippen molar-refractivity contribution in [3.63, 3.8) is 0 Å². The van der Waals surface area contributed by atoms with Gasteiger partial charge < -0.3 is 14.8 Å². The van der Waals surface area contributed by atoms with Crippen LogP contribution in [0.4, 0.5) is 5.69 Å². The monoisotopic (exact) mass is 509 g/mol. The predicted molar refractivity (Wildman–Crippen MR) is 133 cm³/mol. The molecule has 3 aromatic carbocycles. The Bertz CT molecular complexity index is 1320. The van der Waals surface area contributed by atoms with Crippen molar-refractivity contribution in [3.8, 4) is 17.2 Å². The second-order valence-electron chi connectivity index (χ2n) is 7.55. The van der Waals surface area contributed by atoms with Crippen LogP contribution in [0.1, 0.15) is 35.7 Å². The smallest absolute Gasteiger partial charge is 0.257 e. The summed E-state index contributed by atoms with van der Waals surface area (Å²) < 4.78 is 6.37. The number of aromatic hydroxyl groups is 1. The van der Waals surface area contributed by atoms with Crippen LogP contribution < -0.4 is 10.6 Å². The molecular formula is C24H20BrN3O3S. The first kappa shape index (κ1) is 22.0. The van der Waals surface area contributed by atoms with Gasteiger partial charge in [0.15, 0.2) is 10.7 Å². The van der Waals surface area contributed by atoms with E-state index in [1.165, 1.54) is 5.56 Å². The molecule has 0 aliphatic heterocycles. The van der Waals surface area contributed by atoms with Crippen molar-refractivity contribution in [2.24, 2.45) is 0 Å². The summed E-state index contributed by atoms with van der Waals surface area (Å²) in [5, 5.41) is 15.6. The fraction of sp³-hybridized carbons (Fsp3) is 0.125. The number of nitrogens with zero attached hydrogens (tertiary/aromatic N) is 1. The van der Waals surface area contributed by atoms with Crippen LogP contribution >= 0.6 is 28.1 Å². The molecule has 32 heavy (non-hydrogen) atoms. The van der Waals surface area contributed by atoms with Gasteiger partial charge in [0, 0.05) is 16.8 Å². The van der Waals surface area contributed by atoms with E-state index >= 15 is 0 Å². The third-order valence-electron chi connectivity index (χ3n) is 4.91. The largest absolute Gasteiger partial charge is 0.507 e. The highest BCUT2D eigenvalue weighted by Crippen LogP contribution is 2.31. The molecule has 0 saturated heterocycles. The number of nitrogens with one attached hydrogen (secondary N) is 2. The molecule has 1 heterocycles. The number of thiocarbonyl (C=S) groups is 1. The molecule has 0 aliphatic carbocycles. The Morgan fingerprint density at radius 1 is 1.09 bits per heavy atom. The van der Waals surface area contributed by atoms with E-state index in [0.29, 0.717) is 38.6 Å². The Morgan fingerprint density at radius 3 is 2.53 bits per heavy atom. The molecule has 4 aromatic rings. The number of amides is 1. The Hall–Kier alpha value is -3.23. The number of hydrogen-bond acceptors (Lipinski definition) is 5. The second-order valence-corrected chi connectivity index (χ2v) is 8.82. The van der Waals surface area contributed by atoms with Crippen molar-refractivity contribution >= 4 is 56.0 Å². The van der Waals surface area contributed by atoms with Gasteiger partial charge in [-0.2, -0.15) is 0 Å². The van der Waals surface area contributed by atoms with Crippen molar-refractivity contribution < 1.29 is 14.3 Å². The summed E-state index contributed by atoms with van der Waals surface area (Å²) >= 11 is 8.59. The molecule has 0 unspecified atom stereocenters. The molecule has 1 amide bonds. The molecule has 1 aromatic heterocycles. The van der Waals surface area contributed by atoms with Gasteiger partial charge in [0.25, 0.3) is 5.91 Å². The molecule has 0 spiro atoms. The van der Waals surface area contributed by atoms with Crippen LogP contribution in [0.15, 0.2) is 69.6 Å². The number of carbonyl (C=O) groups is 1. The average Bonchev–Trinajstić information content (AvgIpc) is 3.19. The molecule has 0 saturated carbocycles. The number of halogens is 1. The average molecular weight is 510 g/mol. The first-order valence-corrected chi connectivity index (χ1v) is 11.1. The number of carbonyl (C=O) groups excluding carboxylic acids is 1. The molecule has 4 rings (SSSR count). The molecule has 0 aliphatic rings. The number of rotatable bonds is 4. The van der Waals surface area contributed by atoms with Gasteiger partial charge in [0.2, 0.25) is 5.89 Å². The summed E-state index contributed by atoms with van der Waals surface area (Å²) in [6.07, 6.45) is 0. The summed E-state index contributed by atoms with van der Waals surface area (Å²) in [6, 6.07) is 17.8. The maximum absolute atomic E-state index is 12.5. The van der Waals surface area contributed by atoms with Crippen LogP contribution in [0.3, 0.4) is 0 Å². The van der Waals surface area contributed by atoms with E-state index in [1.54, 1.807) is 48.5 Å². The Morgan fingerprint density at radius 2 is 1.84 bits per heavy atom. The number of anilines is 1. The highest BCUT2D eigenvalue weighted by molar-refractivity contribution is 9.10. The van der Waals surface area contributed by atoms with E-state index in [0.717, 1.165) is 5.56 Å². The van der Waals surface area contributed by atoms with Gasteiger partial charge in [0.05, 0.1) is 4.47 Å². The zero-order valence-electron chi connectivity index (χ0n) is 17.3. The van der Waals surface area contributed by atoms with Crippen LogP contribution in [0, 0.1) is 0 Å². The second kappa shape index (κ2) is 9.10. The molecule has 3 N–H and O–H groups in total. The number of benzene rings is 3. The van der Waals surface area contributed by atoms with E-state index in [9.17, 15) is 9.90 Å². The SMILES string of the molecule is CC(C)c1ccc(C(=O)NC(=S)Nc2ccc3oc(-c4ccc(O)c(Br)c4)nc3c2)cc1. The van der Waals surface area contributed by atoms with Crippen molar-refractivity contribution in [2.45, 2.75) is 19.8 Å². The summed E-state index contributed by atoms with van der Waals surface area (Å²) in [7, 11) is 0. The van der Waals surface area contributed by atoms with Crippen LogP contribution in [0.2, 0.25) is 0 Å². The van der Waals surface area contributed by atoms with Crippen LogP contribution in [0.25, 0.3) is 22.6 Å². The third kappa shape index (κ3) is 4.81. The molecule has 6 nitrogen and oxygen atoms in total. The highest BCUT2D eigenvalue weighted by atomic mass is 79.9. The summed E-state index contributed by atoms with van der Waals surface area (Å²) in [6.45, 7) is 4.21. The summed E-state index contributed by atoms with van der Waals surface area (Å²) in [4.78, 5) is 17.0. The lowest BCUT2D eigenvalue weighted by Gasteiger charge is -2.10. The minimum absolute atomic E-state index is 0.141. The Labute approximate surface area is 198 Å². The first-order chi connectivity index (χ1) is 15.3. The zero-order chi connectivity index (χ0) is 22.8. The van der Waals surface area contributed by atoms with Gasteiger partial charge in [-0.3, -0.25) is 10.1 Å². The first-order valence-electron chi connectivity index (χ1n) is 9.92. The number of fused-ring (bicyclic) bond motifs is 1. The molecular weight excluding hydrogens is 490 g/mol. The van der Waals surface area contributed by atoms with E-state index in [4.69, 9.17) is 16.6 Å². The maximum atomic E-state index is 12.5. The number of oxazole rings is 1. The molecule has 162 valence electrons. The van der Waals surface area contributed by atoms with Gasteiger partial charge in [-0.05, 0) is 88.2 Å². The van der Waals surface area contributed by atoms with Crippen molar-refractivity contribution in [2.75, 3.05) is 5.32 Å². The molecule has 0 atom stereocenters. The van der Waals surface area contributed by atoms with E-state index in [1.807, 2.05) is 12.1 Å². The topological polar surface area (TPSA) is 87.4 Å². The number of hydrogen-bond donors (Lipinski definition) is 3. The van der Waals surface area contributed by atoms with Gasteiger partial charge >= 0.3 is 0 Å². The van der Waals surface area contributed by atoms with Gasteiger partial charge in [-0.1, -0.05) is 26.0 Å². The third-order valence-corrected chi connectivity index (χ3v) is 5.75. The Balaban J connectivity index is 1.46. The van der Waals surface area contributed by atoms with Crippen molar-refractivity contribution in [1.82, 2.24) is 10.3 Å². The number of phenols is 1. The standard InChI is InChI=1S/C24H20BrN3O3S/c1-13(2)14-3-5-15(6-4-14)22(30)28-24(32)26-17-8-10-21-19(12-17)27-23(31-21)16-7-9-20(29)18(25)11-16/h3-13,29H,1-2H3,(H2,26,28,30,32).